The Hall–Kier alpha value is -0.780. The first-order chi connectivity index (χ1) is 5.29. The van der Waals surface area contributed by atoms with E-state index in [0.717, 1.165) is 9.09 Å². The quantitative estimate of drug-likeness (QED) is 0.710. The molecule has 0 bridgehead atoms. The lowest BCUT2D eigenvalue weighted by Gasteiger charge is -1.94. The molecule has 0 unspecified atom stereocenters. The third-order valence-corrected chi connectivity index (χ3v) is 2.38. The lowest BCUT2D eigenvalue weighted by Crippen LogP contribution is -1.75. The van der Waals surface area contributed by atoms with Crippen molar-refractivity contribution in [2.45, 2.75) is 0 Å². The molecule has 56 valence electrons. The smallest absolute Gasteiger partial charge is 0.141 e. The number of benzene rings is 1. The van der Waals surface area contributed by atoms with Crippen molar-refractivity contribution in [1.82, 2.24) is 9.97 Å². The molecule has 0 aliphatic rings. The van der Waals surface area contributed by atoms with Crippen LogP contribution in [0.2, 0.25) is 0 Å². The van der Waals surface area contributed by atoms with Gasteiger partial charge in [0, 0.05) is 3.57 Å². The monoisotopic (exact) mass is 260 g/mol. The number of rotatable bonds is 0. The Bertz CT molecular complexity index is 360. The maximum absolute atomic E-state index is 9.31. The van der Waals surface area contributed by atoms with Crippen LogP contribution in [0, 0.1) is 3.57 Å². The Morgan fingerprint density at radius 3 is 3.00 bits per heavy atom. The van der Waals surface area contributed by atoms with Crippen LogP contribution in [-0.4, -0.2) is 15.1 Å². The van der Waals surface area contributed by atoms with Gasteiger partial charge in [0.2, 0.25) is 0 Å². The predicted molar refractivity (Wildman–Crippen MR) is 50.5 cm³/mol. The summed E-state index contributed by atoms with van der Waals surface area (Å²) in [6, 6.07) is 3.49. The van der Waals surface area contributed by atoms with Gasteiger partial charge < -0.3 is 10.1 Å². The summed E-state index contributed by atoms with van der Waals surface area (Å²) in [6.07, 6.45) is 1.58. The Balaban J connectivity index is 2.96. The van der Waals surface area contributed by atoms with Crippen LogP contribution in [0.25, 0.3) is 11.0 Å². The van der Waals surface area contributed by atoms with Crippen molar-refractivity contribution in [2.75, 3.05) is 0 Å². The largest absolute Gasteiger partial charge is 0.506 e. The van der Waals surface area contributed by atoms with Crippen molar-refractivity contribution < 1.29 is 5.11 Å². The number of halogens is 1. The van der Waals surface area contributed by atoms with Gasteiger partial charge in [0.05, 0.1) is 6.33 Å². The number of nitrogens with one attached hydrogen (secondary N) is 1. The average Bonchev–Trinajstić information content (AvgIpc) is 2.45. The molecule has 0 aliphatic heterocycles. The average molecular weight is 260 g/mol. The van der Waals surface area contributed by atoms with Crippen molar-refractivity contribution >= 4 is 33.6 Å². The topological polar surface area (TPSA) is 48.9 Å². The molecular formula is C7H5IN2O. The summed E-state index contributed by atoms with van der Waals surface area (Å²) in [5, 5.41) is 9.31. The highest BCUT2D eigenvalue weighted by molar-refractivity contribution is 14.1. The molecule has 3 nitrogen and oxygen atoms in total. The van der Waals surface area contributed by atoms with Gasteiger partial charge in [0.15, 0.2) is 0 Å². The van der Waals surface area contributed by atoms with E-state index in [1.54, 1.807) is 12.4 Å². The molecule has 1 aromatic carbocycles. The standard InChI is InChI=1S/C7H5IN2O/c8-4-1-2-5(11)7-6(4)9-3-10-7/h1-3,11H,(H,9,10). The number of aromatic amines is 1. The molecule has 2 N–H and O–H groups in total. The molecule has 1 heterocycles. The lowest BCUT2D eigenvalue weighted by molar-refractivity contribution is 0.480. The van der Waals surface area contributed by atoms with Crippen molar-refractivity contribution in [3.63, 3.8) is 0 Å². The predicted octanol–water partition coefficient (Wildman–Crippen LogP) is 1.87. The minimum Gasteiger partial charge on any atom is -0.506 e. The van der Waals surface area contributed by atoms with Crippen LogP contribution in [0.3, 0.4) is 0 Å². The molecule has 4 heteroatoms. The van der Waals surface area contributed by atoms with Crippen LogP contribution >= 0.6 is 22.6 Å². The van der Waals surface area contributed by atoms with Crippen LogP contribution in [0.5, 0.6) is 5.75 Å². The van der Waals surface area contributed by atoms with Gasteiger partial charge in [0.1, 0.15) is 16.8 Å². The number of aromatic hydroxyl groups is 1. The Labute approximate surface area is 76.6 Å². The van der Waals surface area contributed by atoms with E-state index in [4.69, 9.17) is 0 Å². The summed E-state index contributed by atoms with van der Waals surface area (Å²) in [4.78, 5) is 6.92. The fourth-order valence-electron chi connectivity index (χ4n) is 0.985. The molecule has 2 rings (SSSR count). The summed E-state index contributed by atoms with van der Waals surface area (Å²) >= 11 is 2.18. The van der Waals surface area contributed by atoms with Crippen molar-refractivity contribution in [3.05, 3.63) is 22.0 Å². The summed E-state index contributed by atoms with van der Waals surface area (Å²) < 4.78 is 1.04. The third-order valence-electron chi connectivity index (χ3n) is 1.51. The fraction of sp³-hybridized carbons (Fsp3) is 0. The molecule has 0 radical (unpaired) electrons. The second kappa shape index (κ2) is 2.37. The number of imidazole rings is 1. The van der Waals surface area contributed by atoms with E-state index in [0.29, 0.717) is 5.52 Å². The molecular weight excluding hydrogens is 255 g/mol. The number of hydrogen-bond donors (Lipinski definition) is 2. The van der Waals surface area contributed by atoms with E-state index in [9.17, 15) is 5.11 Å². The summed E-state index contributed by atoms with van der Waals surface area (Å²) in [7, 11) is 0. The van der Waals surface area contributed by atoms with Gasteiger partial charge >= 0.3 is 0 Å². The first-order valence-corrected chi connectivity index (χ1v) is 4.17. The Kier molecular flexibility index (Phi) is 1.49. The van der Waals surface area contributed by atoms with E-state index < -0.39 is 0 Å². The number of nitrogens with zero attached hydrogens (tertiary/aromatic N) is 1. The zero-order valence-corrected chi connectivity index (χ0v) is 7.66. The second-order valence-electron chi connectivity index (χ2n) is 2.19. The third kappa shape index (κ3) is 0.973. The number of fused-ring (bicyclic) bond motifs is 1. The van der Waals surface area contributed by atoms with Gasteiger partial charge in [0.25, 0.3) is 0 Å². The molecule has 0 saturated heterocycles. The highest BCUT2D eigenvalue weighted by atomic mass is 127. The van der Waals surface area contributed by atoms with Gasteiger partial charge in [-0.1, -0.05) is 0 Å². The van der Waals surface area contributed by atoms with Crippen LogP contribution in [0.1, 0.15) is 0 Å². The number of phenolic OH excluding ortho intramolecular Hbond substituents is 1. The number of H-pyrrole nitrogens is 1. The first-order valence-electron chi connectivity index (χ1n) is 3.09. The van der Waals surface area contributed by atoms with Crippen LogP contribution < -0.4 is 0 Å². The van der Waals surface area contributed by atoms with Gasteiger partial charge in [-0.25, -0.2) is 4.98 Å². The number of phenols is 1. The maximum atomic E-state index is 9.31. The van der Waals surface area contributed by atoms with E-state index in [1.165, 1.54) is 0 Å². The molecule has 0 saturated carbocycles. The number of hydrogen-bond acceptors (Lipinski definition) is 2. The summed E-state index contributed by atoms with van der Waals surface area (Å²) in [5.74, 6) is 0.248. The van der Waals surface area contributed by atoms with Crippen LogP contribution in [0.4, 0.5) is 0 Å². The van der Waals surface area contributed by atoms with Crippen LogP contribution in [0.15, 0.2) is 18.5 Å². The molecule has 0 aliphatic carbocycles. The van der Waals surface area contributed by atoms with Crippen LogP contribution in [-0.2, 0) is 0 Å². The highest BCUT2D eigenvalue weighted by Crippen LogP contribution is 2.24. The van der Waals surface area contributed by atoms with E-state index in [-0.39, 0.29) is 5.75 Å². The molecule has 11 heavy (non-hydrogen) atoms. The molecule has 1 aromatic heterocycles. The minimum atomic E-state index is 0.248. The summed E-state index contributed by atoms with van der Waals surface area (Å²) in [6.45, 7) is 0. The zero-order chi connectivity index (χ0) is 7.84. The van der Waals surface area contributed by atoms with Crippen molar-refractivity contribution in [2.24, 2.45) is 0 Å². The normalized spacial score (nSPS) is 10.6. The summed E-state index contributed by atoms with van der Waals surface area (Å²) in [5.41, 5.74) is 1.53. The Morgan fingerprint density at radius 2 is 2.27 bits per heavy atom. The molecule has 2 aromatic rings. The maximum Gasteiger partial charge on any atom is 0.141 e. The van der Waals surface area contributed by atoms with E-state index >= 15 is 0 Å². The molecule has 0 spiro atoms. The van der Waals surface area contributed by atoms with E-state index in [1.807, 2.05) is 6.07 Å². The first kappa shape index (κ1) is 6.90. The zero-order valence-electron chi connectivity index (χ0n) is 5.50. The SMILES string of the molecule is Oc1ccc(I)c2nc[nH]c12. The van der Waals surface area contributed by atoms with Gasteiger partial charge in [-0.3, -0.25) is 0 Å². The van der Waals surface area contributed by atoms with Gasteiger partial charge in [-0.2, -0.15) is 0 Å². The highest BCUT2D eigenvalue weighted by Gasteiger charge is 2.03. The lowest BCUT2D eigenvalue weighted by atomic mass is 10.3. The minimum absolute atomic E-state index is 0.248. The number of aromatic nitrogens is 2. The van der Waals surface area contributed by atoms with Crippen molar-refractivity contribution in [3.8, 4) is 5.75 Å². The molecule has 0 amide bonds. The molecule has 0 atom stereocenters. The fourth-order valence-corrected chi connectivity index (χ4v) is 1.57. The second-order valence-corrected chi connectivity index (χ2v) is 3.35. The van der Waals surface area contributed by atoms with Crippen molar-refractivity contribution in [1.29, 1.82) is 0 Å². The Morgan fingerprint density at radius 1 is 1.45 bits per heavy atom. The van der Waals surface area contributed by atoms with Gasteiger partial charge in [-0.15, -0.1) is 0 Å². The molecule has 0 fully saturated rings. The van der Waals surface area contributed by atoms with E-state index in [2.05, 4.69) is 32.6 Å². The van der Waals surface area contributed by atoms with Gasteiger partial charge in [-0.05, 0) is 34.7 Å².